The number of carbonyl (C=O) groups is 1. The zero-order valence-corrected chi connectivity index (χ0v) is 13.9. The van der Waals surface area contributed by atoms with Crippen molar-refractivity contribution in [3.05, 3.63) is 76.0 Å². The lowest BCUT2D eigenvalue weighted by Crippen LogP contribution is -2.27. The minimum absolute atomic E-state index is 0.0201. The van der Waals surface area contributed by atoms with Crippen LogP contribution in [0.4, 0.5) is 5.69 Å². The molecular weight excluding hydrogens is 348 g/mol. The van der Waals surface area contributed by atoms with Crippen molar-refractivity contribution in [1.82, 2.24) is 9.97 Å². The summed E-state index contributed by atoms with van der Waals surface area (Å²) in [5.74, 6) is -1.19. The molecule has 0 fully saturated rings. The Bertz CT molecular complexity index is 1200. The molecule has 0 unspecified atom stereocenters. The zero-order valence-electron chi connectivity index (χ0n) is 13.9. The number of nitrogens with zero attached hydrogens (tertiary/aromatic N) is 2. The number of amidine groups is 1. The van der Waals surface area contributed by atoms with Crippen LogP contribution in [-0.2, 0) is 0 Å². The SMILES string of the molecule is N=C1C(c2nc3ccccc3c(=O)[nH]2)=C(O)CN1c1cccc(C(=O)O)c1. The summed E-state index contributed by atoms with van der Waals surface area (Å²) in [6, 6.07) is 12.9. The molecule has 4 N–H and O–H groups in total. The highest BCUT2D eigenvalue weighted by atomic mass is 16.4. The highest BCUT2D eigenvalue weighted by Crippen LogP contribution is 2.30. The van der Waals surface area contributed by atoms with Crippen LogP contribution >= 0.6 is 0 Å². The number of rotatable bonds is 3. The predicted molar refractivity (Wildman–Crippen MR) is 100 cm³/mol. The van der Waals surface area contributed by atoms with E-state index < -0.39 is 5.97 Å². The van der Waals surface area contributed by atoms with Gasteiger partial charge >= 0.3 is 5.97 Å². The molecule has 2 aromatic carbocycles. The molecule has 0 bridgehead atoms. The molecule has 1 aliphatic rings. The smallest absolute Gasteiger partial charge is 0.335 e. The fraction of sp³-hybridized carbons (Fsp3) is 0.0526. The van der Waals surface area contributed by atoms with E-state index in [4.69, 9.17) is 10.5 Å². The number of hydrogen-bond acceptors (Lipinski definition) is 5. The molecule has 8 heteroatoms. The van der Waals surface area contributed by atoms with E-state index >= 15 is 0 Å². The average Bonchev–Trinajstić information content (AvgIpc) is 2.96. The Hall–Kier alpha value is -3.94. The van der Waals surface area contributed by atoms with Crippen LogP contribution in [0, 0.1) is 5.41 Å². The molecule has 0 saturated carbocycles. The molecule has 0 amide bonds. The van der Waals surface area contributed by atoms with Crippen molar-refractivity contribution in [2.24, 2.45) is 0 Å². The minimum atomic E-state index is -1.08. The highest BCUT2D eigenvalue weighted by molar-refractivity contribution is 6.30. The number of aromatic amines is 1. The molecule has 1 aromatic heterocycles. The number of nitrogens with one attached hydrogen (secondary N) is 2. The highest BCUT2D eigenvalue weighted by Gasteiger charge is 2.31. The van der Waals surface area contributed by atoms with Crippen molar-refractivity contribution < 1.29 is 15.0 Å². The number of aromatic nitrogens is 2. The van der Waals surface area contributed by atoms with Crippen LogP contribution in [0.25, 0.3) is 16.5 Å². The molecule has 0 atom stereocenters. The van der Waals surface area contributed by atoms with Gasteiger partial charge in [0, 0.05) is 5.69 Å². The Kier molecular flexibility index (Phi) is 3.73. The second-order valence-corrected chi connectivity index (χ2v) is 6.04. The Morgan fingerprint density at radius 3 is 2.74 bits per heavy atom. The summed E-state index contributed by atoms with van der Waals surface area (Å²) >= 11 is 0. The molecule has 27 heavy (non-hydrogen) atoms. The van der Waals surface area contributed by atoms with Gasteiger partial charge in [-0.15, -0.1) is 0 Å². The fourth-order valence-electron chi connectivity index (χ4n) is 3.06. The number of anilines is 1. The van der Waals surface area contributed by atoms with Gasteiger partial charge in [-0.2, -0.15) is 0 Å². The van der Waals surface area contributed by atoms with E-state index in [-0.39, 0.29) is 40.7 Å². The third-order valence-corrected chi connectivity index (χ3v) is 4.36. The molecule has 3 aromatic rings. The molecule has 0 spiro atoms. The quantitative estimate of drug-likeness (QED) is 0.566. The lowest BCUT2D eigenvalue weighted by molar-refractivity contribution is 0.0697. The summed E-state index contributed by atoms with van der Waals surface area (Å²) in [7, 11) is 0. The Balaban J connectivity index is 1.76. The third-order valence-electron chi connectivity index (χ3n) is 4.36. The molecule has 1 aliphatic heterocycles. The zero-order chi connectivity index (χ0) is 19.1. The van der Waals surface area contributed by atoms with Crippen molar-refractivity contribution in [3.63, 3.8) is 0 Å². The summed E-state index contributed by atoms with van der Waals surface area (Å²) in [5, 5.41) is 28.4. The molecule has 2 heterocycles. The Labute approximate surface area is 152 Å². The van der Waals surface area contributed by atoms with Crippen molar-refractivity contribution in [2.45, 2.75) is 0 Å². The molecule has 4 rings (SSSR count). The normalized spacial score (nSPS) is 14.2. The number of aliphatic hydroxyl groups is 1. The number of H-pyrrole nitrogens is 1. The van der Waals surface area contributed by atoms with Gasteiger partial charge in [-0.05, 0) is 30.3 Å². The average molecular weight is 362 g/mol. The number of aromatic carboxylic acids is 1. The Morgan fingerprint density at radius 2 is 1.96 bits per heavy atom. The second kappa shape index (κ2) is 6.10. The Morgan fingerprint density at radius 1 is 1.19 bits per heavy atom. The van der Waals surface area contributed by atoms with Gasteiger partial charge in [-0.3, -0.25) is 10.2 Å². The van der Waals surface area contributed by atoms with Gasteiger partial charge < -0.3 is 20.1 Å². The van der Waals surface area contributed by atoms with Crippen molar-refractivity contribution in [3.8, 4) is 0 Å². The van der Waals surface area contributed by atoms with Gasteiger partial charge in [0.2, 0.25) is 0 Å². The molecule has 134 valence electrons. The first-order chi connectivity index (χ1) is 13.0. The fourth-order valence-corrected chi connectivity index (χ4v) is 3.06. The number of fused-ring (bicyclic) bond motifs is 1. The number of carboxylic acid groups (broad SMARTS) is 1. The summed E-state index contributed by atoms with van der Waals surface area (Å²) in [6.07, 6.45) is 0. The van der Waals surface area contributed by atoms with E-state index in [0.717, 1.165) is 0 Å². The molecule has 0 saturated heterocycles. The van der Waals surface area contributed by atoms with Gasteiger partial charge in [-0.25, -0.2) is 9.78 Å². The number of carboxylic acids is 1. The number of para-hydroxylation sites is 1. The number of hydrogen-bond donors (Lipinski definition) is 4. The van der Waals surface area contributed by atoms with Crippen molar-refractivity contribution >= 4 is 34.0 Å². The van der Waals surface area contributed by atoms with Crippen LogP contribution in [0.5, 0.6) is 0 Å². The van der Waals surface area contributed by atoms with Gasteiger partial charge in [0.15, 0.2) is 0 Å². The van der Waals surface area contributed by atoms with E-state index in [1.165, 1.54) is 17.0 Å². The summed E-state index contributed by atoms with van der Waals surface area (Å²) in [6.45, 7) is -0.0201. The third kappa shape index (κ3) is 2.73. The first-order valence-corrected chi connectivity index (χ1v) is 8.07. The maximum Gasteiger partial charge on any atom is 0.335 e. The van der Waals surface area contributed by atoms with Crippen molar-refractivity contribution in [1.29, 1.82) is 5.41 Å². The van der Waals surface area contributed by atoms with Crippen LogP contribution in [0.1, 0.15) is 16.2 Å². The van der Waals surface area contributed by atoms with Crippen LogP contribution in [0.15, 0.2) is 59.1 Å². The standard InChI is InChI=1S/C19H14N4O4/c20-16-15(17-21-13-7-2-1-6-12(13)18(25)22-17)14(24)9-23(16)11-5-3-4-10(8-11)19(26)27/h1-8,20,24H,9H2,(H,26,27)(H,21,22,25). The van der Waals surface area contributed by atoms with Crippen LogP contribution < -0.4 is 10.5 Å². The number of aliphatic hydroxyl groups excluding tert-OH is 1. The van der Waals surface area contributed by atoms with Crippen LogP contribution in [0.3, 0.4) is 0 Å². The first kappa shape index (κ1) is 16.5. The summed E-state index contributed by atoms with van der Waals surface area (Å²) in [5.41, 5.74) is 0.722. The van der Waals surface area contributed by atoms with Crippen LogP contribution in [-0.4, -0.2) is 38.5 Å². The topological polar surface area (TPSA) is 130 Å². The number of benzene rings is 2. The summed E-state index contributed by atoms with van der Waals surface area (Å²) < 4.78 is 0. The van der Waals surface area contributed by atoms with Gasteiger partial charge in [-0.1, -0.05) is 18.2 Å². The van der Waals surface area contributed by atoms with Crippen molar-refractivity contribution in [2.75, 3.05) is 11.4 Å². The first-order valence-electron chi connectivity index (χ1n) is 8.07. The largest absolute Gasteiger partial charge is 0.509 e. The van der Waals surface area contributed by atoms with Gasteiger partial charge in [0.1, 0.15) is 17.4 Å². The van der Waals surface area contributed by atoms with E-state index in [1.807, 2.05) is 0 Å². The minimum Gasteiger partial charge on any atom is -0.509 e. The van der Waals surface area contributed by atoms with E-state index in [1.54, 1.807) is 36.4 Å². The van der Waals surface area contributed by atoms with Gasteiger partial charge in [0.25, 0.3) is 5.56 Å². The molecule has 8 nitrogen and oxygen atoms in total. The predicted octanol–water partition coefficient (Wildman–Crippen LogP) is 2.39. The van der Waals surface area contributed by atoms with Crippen LogP contribution in [0.2, 0.25) is 0 Å². The summed E-state index contributed by atoms with van der Waals surface area (Å²) in [4.78, 5) is 31.9. The van der Waals surface area contributed by atoms with E-state index in [2.05, 4.69) is 9.97 Å². The van der Waals surface area contributed by atoms with E-state index in [0.29, 0.717) is 16.6 Å². The lowest BCUT2D eigenvalue weighted by atomic mass is 10.1. The monoisotopic (exact) mass is 362 g/mol. The second-order valence-electron chi connectivity index (χ2n) is 6.04. The molecular formula is C19H14N4O4. The lowest BCUT2D eigenvalue weighted by Gasteiger charge is -2.19. The molecule has 0 radical (unpaired) electrons. The maximum absolute atomic E-state index is 12.3. The molecule has 0 aliphatic carbocycles. The maximum atomic E-state index is 12.3. The van der Waals surface area contributed by atoms with E-state index in [9.17, 15) is 14.7 Å². The van der Waals surface area contributed by atoms with Gasteiger partial charge in [0.05, 0.1) is 28.6 Å².